The van der Waals surface area contributed by atoms with Gasteiger partial charge in [-0.2, -0.15) is 0 Å². The van der Waals surface area contributed by atoms with E-state index in [-0.39, 0.29) is 0 Å². The molecule has 0 amide bonds. The smallest absolute Gasteiger partial charge is 0.0149 e. The lowest BCUT2D eigenvalue weighted by Gasteiger charge is -2.12. The topological polar surface area (TPSA) is 0 Å². The molecular weight excluding hydrogens is 613 g/mol. The van der Waals surface area contributed by atoms with Crippen molar-refractivity contribution >= 4 is 0 Å². The first-order valence-corrected chi connectivity index (χ1v) is 19.3. The molecule has 0 bridgehead atoms. The van der Waals surface area contributed by atoms with Crippen LogP contribution in [0.25, 0.3) is 33.4 Å². The van der Waals surface area contributed by atoms with Crippen LogP contribution in [0.5, 0.6) is 0 Å². The summed E-state index contributed by atoms with van der Waals surface area (Å²) in [4.78, 5) is 0. The fourth-order valence-electron chi connectivity index (χ4n) is 5.28. The van der Waals surface area contributed by atoms with Crippen molar-refractivity contribution in [1.82, 2.24) is 0 Å². The van der Waals surface area contributed by atoms with Crippen LogP contribution in [0.4, 0.5) is 0 Å². The van der Waals surface area contributed by atoms with Gasteiger partial charge in [0.05, 0.1) is 0 Å². The summed E-state index contributed by atoms with van der Waals surface area (Å²) in [6, 6.07) is 57.8. The minimum absolute atomic E-state index is 0.571. The van der Waals surface area contributed by atoms with Crippen LogP contribution in [-0.4, -0.2) is 0 Å². The van der Waals surface area contributed by atoms with Gasteiger partial charge in [-0.15, -0.1) is 0 Å². The lowest BCUT2D eigenvalue weighted by molar-refractivity contribution is 0.867. The molecule has 0 aliphatic carbocycles. The van der Waals surface area contributed by atoms with E-state index in [1.165, 1.54) is 50.1 Å². The minimum atomic E-state index is 0.571. The molecule has 6 aromatic carbocycles. The maximum Gasteiger partial charge on any atom is -0.0149 e. The van der Waals surface area contributed by atoms with Crippen molar-refractivity contribution in [2.75, 3.05) is 0 Å². The highest BCUT2D eigenvalue weighted by Gasteiger charge is 2.06. The Bertz CT molecular complexity index is 1680. The second kappa shape index (κ2) is 26.2. The summed E-state index contributed by atoms with van der Waals surface area (Å²) in [5.41, 5.74) is 12.1. The minimum Gasteiger partial charge on any atom is -0.0683 e. The van der Waals surface area contributed by atoms with Crippen LogP contribution in [0.2, 0.25) is 0 Å². The van der Waals surface area contributed by atoms with Crippen molar-refractivity contribution in [3.63, 3.8) is 0 Å². The molecule has 0 aliphatic heterocycles. The van der Waals surface area contributed by atoms with Crippen LogP contribution in [0.1, 0.15) is 118 Å². The first-order valence-electron chi connectivity index (χ1n) is 19.3. The van der Waals surface area contributed by atoms with E-state index in [1.54, 1.807) is 0 Å². The number of benzene rings is 6. The van der Waals surface area contributed by atoms with E-state index in [1.807, 2.05) is 47.6 Å². The second-order valence-corrected chi connectivity index (χ2v) is 12.4. The van der Waals surface area contributed by atoms with Crippen LogP contribution >= 0.6 is 0 Å². The Balaban J connectivity index is 0.000000356. The summed E-state index contributed by atoms with van der Waals surface area (Å²) < 4.78 is 0. The Labute approximate surface area is 313 Å². The predicted molar refractivity (Wildman–Crippen MR) is 232 cm³/mol. The first-order chi connectivity index (χ1) is 24.8. The van der Waals surface area contributed by atoms with Gasteiger partial charge in [0.25, 0.3) is 0 Å². The van der Waals surface area contributed by atoms with Gasteiger partial charge in [-0.25, -0.2) is 0 Å². The van der Waals surface area contributed by atoms with Gasteiger partial charge < -0.3 is 0 Å². The summed E-state index contributed by atoms with van der Waals surface area (Å²) >= 11 is 0. The lowest BCUT2D eigenvalue weighted by atomic mass is 9.93. The van der Waals surface area contributed by atoms with Crippen molar-refractivity contribution in [1.29, 1.82) is 0 Å². The van der Waals surface area contributed by atoms with Gasteiger partial charge in [-0.05, 0) is 67.8 Å². The zero-order valence-corrected chi connectivity index (χ0v) is 33.8. The number of hydrogen-bond acceptors (Lipinski definition) is 0. The van der Waals surface area contributed by atoms with E-state index in [9.17, 15) is 0 Å². The molecule has 0 radical (unpaired) electrons. The molecule has 0 fully saturated rings. The zero-order valence-electron chi connectivity index (χ0n) is 33.8. The molecule has 6 rings (SSSR count). The highest BCUT2D eigenvalue weighted by atomic mass is 14.1. The van der Waals surface area contributed by atoms with Gasteiger partial charge in [0.2, 0.25) is 0 Å². The highest BCUT2D eigenvalue weighted by molar-refractivity contribution is 5.68. The third-order valence-electron chi connectivity index (χ3n) is 8.01. The molecule has 270 valence electrons. The second-order valence-electron chi connectivity index (χ2n) is 12.4. The van der Waals surface area contributed by atoms with Gasteiger partial charge in [0.1, 0.15) is 0 Å². The van der Waals surface area contributed by atoms with Gasteiger partial charge in [0.15, 0.2) is 0 Å². The first kappa shape index (κ1) is 44.3. The molecule has 0 unspecified atom stereocenters. The SMILES string of the molecule is CC.CC.CC.CC(C)c1ccc(-c2ccccc2)cc1.CC(C)c1cccc(-c2ccccc2)c1.CC(C)c1ccccc1-c1ccccc1. The van der Waals surface area contributed by atoms with Gasteiger partial charge in [-0.1, -0.05) is 247 Å². The third kappa shape index (κ3) is 15.4. The van der Waals surface area contributed by atoms with Crippen molar-refractivity contribution in [2.24, 2.45) is 0 Å². The Morgan fingerprint density at radius 1 is 0.275 bits per heavy atom. The van der Waals surface area contributed by atoms with Crippen LogP contribution in [0.15, 0.2) is 164 Å². The van der Waals surface area contributed by atoms with Crippen LogP contribution in [-0.2, 0) is 0 Å². The molecule has 0 heterocycles. The standard InChI is InChI=1S/3C15H16.3C2H6/c1-12(2)14-10-6-7-11-15(14)13-8-4-3-5-9-13;1-12(2)14-9-6-10-15(11-14)13-7-4-3-5-8-13;1-12(2)13-8-10-15(11-9-13)14-6-4-3-5-7-14;3*1-2/h3*3-12H,1-2H3;3*1-2H3. The molecule has 0 saturated heterocycles. The number of hydrogen-bond donors (Lipinski definition) is 0. The fraction of sp³-hybridized carbons (Fsp3) is 0.294. The van der Waals surface area contributed by atoms with Crippen LogP contribution < -0.4 is 0 Å². The summed E-state index contributed by atoms with van der Waals surface area (Å²) in [6.07, 6.45) is 0. The summed E-state index contributed by atoms with van der Waals surface area (Å²) in [7, 11) is 0. The average Bonchev–Trinajstić information content (AvgIpc) is 3.22. The van der Waals surface area contributed by atoms with Crippen molar-refractivity contribution in [3.8, 4) is 33.4 Å². The van der Waals surface area contributed by atoms with E-state index in [0.717, 1.165) is 0 Å². The van der Waals surface area contributed by atoms with Crippen molar-refractivity contribution in [3.05, 3.63) is 180 Å². The van der Waals surface area contributed by atoms with Gasteiger partial charge >= 0.3 is 0 Å². The van der Waals surface area contributed by atoms with E-state index in [0.29, 0.717) is 17.8 Å². The monoisotopic (exact) mass is 679 g/mol. The molecule has 0 nitrogen and oxygen atoms in total. The molecule has 0 aliphatic rings. The van der Waals surface area contributed by atoms with E-state index < -0.39 is 0 Å². The normalized spacial score (nSPS) is 9.71. The molecule has 0 N–H and O–H groups in total. The Kier molecular flexibility index (Phi) is 22.8. The van der Waals surface area contributed by atoms with Gasteiger partial charge in [0, 0.05) is 0 Å². The molecule has 0 saturated carbocycles. The summed E-state index contributed by atoms with van der Waals surface area (Å²) in [5.74, 6) is 1.77. The molecule has 51 heavy (non-hydrogen) atoms. The van der Waals surface area contributed by atoms with E-state index >= 15 is 0 Å². The quantitative estimate of drug-likeness (QED) is 0.164. The fourth-order valence-corrected chi connectivity index (χ4v) is 5.28. The predicted octanol–water partition coefficient (Wildman–Crippen LogP) is 16.5. The molecule has 0 heteroatoms. The van der Waals surface area contributed by atoms with Crippen molar-refractivity contribution < 1.29 is 0 Å². The summed E-state index contributed by atoms with van der Waals surface area (Å²) in [5, 5.41) is 0. The molecule has 0 atom stereocenters. The Morgan fingerprint density at radius 2 is 0.647 bits per heavy atom. The van der Waals surface area contributed by atoms with Crippen LogP contribution in [0, 0.1) is 0 Å². The van der Waals surface area contributed by atoms with Gasteiger partial charge in [-0.3, -0.25) is 0 Å². The maximum absolute atomic E-state index is 2.28. The molecule has 6 aromatic rings. The third-order valence-corrected chi connectivity index (χ3v) is 8.01. The Morgan fingerprint density at radius 3 is 1.10 bits per heavy atom. The maximum atomic E-state index is 2.28. The van der Waals surface area contributed by atoms with Crippen molar-refractivity contribution in [2.45, 2.75) is 101 Å². The molecule has 0 aromatic heterocycles. The zero-order chi connectivity index (χ0) is 38.0. The molecular formula is C51H66. The highest BCUT2D eigenvalue weighted by Crippen LogP contribution is 2.29. The summed E-state index contributed by atoms with van der Waals surface area (Å²) in [6.45, 7) is 25.4. The Hall–Kier alpha value is -4.68. The van der Waals surface area contributed by atoms with E-state index in [2.05, 4.69) is 199 Å². The van der Waals surface area contributed by atoms with E-state index in [4.69, 9.17) is 0 Å². The molecule has 0 spiro atoms. The van der Waals surface area contributed by atoms with Crippen LogP contribution in [0.3, 0.4) is 0 Å². The number of rotatable bonds is 6. The largest absolute Gasteiger partial charge is 0.0683 e. The lowest BCUT2D eigenvalue weighted by Crippen LogP contribution is -1.91. The average molecular weight is 679 g/mol.